The fourth-order valence-corrected chi connectivity index (χ4v) is 2.95. The summed E-state index contributed by atoms with van der Waals surface area (Å²) in [4.78, 5) is 29.6. The highest BCUT2D eigenvalue weighted by Gasteiger charge is 2.27. The Morgan fingerprint density at radius 2 is 2.04 bits per heavy atom. The van der Waals surface area contributed by atoms with Crippen molar-refractivity contribution in [3.05, 3.63) is 64.5 Å². The number of amides is 1. The second-order valence-electron chi connectivity index (χ2n) is 5.58. The summed E-state index contributed by atoms with van der Waals surface area (Å²) in [7, 11) is 0. The third-order valence-electron chi connectivity index (χ3n) is 4.11. The van der Waals surface area contributed by atoms with Gasteiger partial charge in [0.05, 0.1) is 17.5 Å². The number of fused-ring (bicyclic) bond motifs is 1. The highest BCUT2D eigenvalue weighted by molar-refractivity contribution is 6.36. The van der Waals surface area contributed by atoms with Crippen LogP contribution in [0.2, 0.25) is 0 Å². The van der Waals surface area contributed by atoms with Crippen LogP contribution in [0.1, 0.15) is 18.2 Å². The molecule has 3 heterocycles. The lowest BCUT2D eigenvalue weighted by Crippen LogP contribution is -2.13. The van der Waals surface area contributed by atoms with Crippen molar-refractivity contribution in [1.82, 2.24) is 14.5 Å². The largest absolute Gasteiger partial charge is 0.493 e. The van der Waals surface area contributed by atoms with E-state index in [0.29, 0.717) is 16.9 Å². The van der Waals surface area contributed by atoms with Gasteiger partial charge in [-0.25, -0.2) is 4.79 Å². The number of H-pyrrole nitrogens is 2. The van der Waals surface area contributed by atoms with Crippen LogP contribution in [0.4, 0.5) is 5.69 Å². The normalized spacial score (nSPS) is 15.3. The van der Waals surface area contributed by atoms with Gasteiger partial charge in [-0.05, 0) is 42.8 Å². The molecule has 120 valence electrons. The summed E-state index contributed by atoms with van der Waals surface area (Å²) in [5.41, 5.74) is 3.75. The summed E-state index contributed by atoms with van der Waals surface area (Å²) < 4.78 is 1.29. The second kappa shape index (κ2) is 5.02. The van der Waals surface area contributed by atoms with Crippen LogP contribution in [0.15, 0.2) is 47.5 Å². The third-order valence-corrected chi connectivity index (χ3v) is 4.11. The highest BCUT2D eigenvalue weighted by Crippen LogP contribution is 2.37. The van der Waals surface area contributed by atoms with Crippen LogP contribution >= 0.6 is 0 Å². The maximum Gasteiger partial charge on any atom is 0.332 e. The number of carbonyl (C=O) groups is 1. The lowest BCUT2D eigenvalue weighted by atomic mass is 9.99. The summed E-state index contributed by atoms with van der Waals surface area (Å²) in [6, 6.07) is 8.97. The van der Waals surface area contributed by atoms with E-state index < -0.39 is 5.69 Å². The molecule has 0 unspecified atom stereocenters. The summed E-state index contributed by atoms with van der Waals surface area (Å²) in [6.07, 6.45) is 3.10. The first-order valence-corrected chi connectivity index (χ1v) is 7.36. The maximum absolute atomic E-state index is 12.4. The van der Waals surface area contributed by atoms with Crippen molar-refractivity contribution >= 4 is 22.7 Å². The van der Waals surface area contributed by atoms with E-state index in [9.17, 15) is 14.7 Å². The van der Waals surface area contributed by atoms with Gasteiger partial charge in [-0.1, -0.05) is 0 Å². The van der Waals surface area contributed by atoms with Gasteiger partial charge in [-0.15, -0.1) is 0 Å². The second-order valence-corrected chi connectivity index (χ2v) is 5.58. The molecule has 0 atom stereocenters. The standard InChI is InChI=1S/C17H14N4O3/c1-9(12-3-2-6-18-12)15-11-7-10(4-5-13(11)19-16(15)23)21-8-14(22)20-17(21)24/h2-8,18,22H,1H3,(H,19,23)(H,20,24). The number of anilines is 1. The van der Waals surface area contributed by atoms with Gasteiger partial charge in [0.15, 0.2) is 0 Å². The number of nitrogens with zero attached hydrogens (tertiary/aromatic N) is 1. The third kappa shape index (κ3) is 2.06. The zero-order chi connectivity index (χ0) is 16.8. The summed E-state index contributed by atoms with van der Waals surface area (Å²) in [5.74, 6) is -0.397. The van der Waals surface area contributed by atoms with E-state index in [1.54, 1.807) is 24.4 Å². The first-order chi connectivity index (χ1) is 11.5. The van der Waals surface area contributed by atoms with E-state index in [0.717, 1.165) is 16.8 Å². The molecular formula is C17H14N4O3. The molecule has 0 saturated carbocycles. The number of aromatic amines is 2. The number of hydrogen-bond acceptors (Lipinski definition) is 3. The predicted octanol–water partition coefficient (Wildman–Crippen LogP) is 2.08. The number of rotatable bonds is 2. The van der Waals surface area contributed by atoms with Gasteiger partial charge >= 0.3 is 5.69 Å². The van der Waals surface area contributed by atoms with Crippen LogP contribution in [0.25, 0.3) is 16.8 Å². The first-order valence-electron chi connectivity index (χ1n) is 7.36. The molecule has 7 nitrogen and oxygen atoms in total. The Morgan fingerprint density at radius 3 is 2.71 bits per heavy atom. The van der Waals surface area contributed by atoms with Crippen molar-refractivity contribution in [2.24, 2.45) is 0 Å². The van der Waals surface area contributed by atoms with Crippen molar-refractivity contribution in [2.45, 2.75) is 6.92 Å². The smallest absolute Gasteiger partial charge is 0.332 e. The molecule has 1 amide bonds. The van der Waals surface area contributed by atoms with Gasteiger partial charge in [0.1, 0.15) is 0 Å². The number of carbonyl (C=O) groups excluding carboxylic acids is 1. The summed E-state index contributed by atoms with van der Waals surface area (Å²) in [6.45, 7) is 1.87. The quantitative estimate of drug-likeness (QED) is 0.543. The van der Waals surface area contributed by atoms with Crippen LogP contribution in [-0.4, -0.2) is 25.5 Å². The highest BCUT2D eigenvalue weighted by atomic mass is 16.3. The molecular weight excluding hydrogens is 308 g/mol. The van der Waals surface area contributed by atoms with E-state index in [1.807, 2.05) is 19.1 Å². The number of imidazole rings is 1. The molecule has 4 rings (SSSR count). The van der Waals surface area contributed by atoms with E-state index in [1.165, 1.54) is 10.8 Å². The number of benzene rings is 1. The van der Waals surface area contributed by atoms with Gasteiger partial charge in [0, 0.05) is 23.1 Å². The molecule has 7 heteroatoms. The average molecular weight is 322 g/mol. The molecule has 0 fully saturated rings. The van der Waals surface area contributed by atoms with Crippen LogP contribution < -0.4 is 11.0 Å². The summed E-state index contributed by atoms with van der Waals surface area (Å²) >= 11 is 0. The molecule has 0 saturated heterocycles. The van der Waals surface area contributed by atoms with E-state index in [-0.39, 0.29) is 11.8 Å². The Morgan fingerprint density at radius 1 is 1.21 bits per heavy atom. The van der Waals surface area contributed by atoms with Crippen LogP contribution in [-0.2, 0) is 4.79 Å². The Bertz CT molecular complexity index is 1040. The zero-order valence-corrected chi connectivity index (χ0v) is 12.8. The molecule has 1 aliphatic heterocycles. The molecule has 0 spiro atoms. The van der Waals surface area contributed by atoms with Crippen LogP contribution in [0.5, 0.6) is 5.88 Å². The average Bonchev–Trinajstić information content (AvgIpc) is 3.24. The van der Waals surface area contributed by atoms with E-state index in [2.05, 4.69) is 15.3 Å². The van der Waals surface area contributed by atoms with Gasteiger partial charge in [0.25, 0.3) is 5.91 Å². The number of aromatic nitrogens is 3. The van der Waals surface area contributed by atoms with Gasteiger partial charge < -0.3 is 15.4 Å². The molecule has 24 heavy (non-hydrogen) atoms. The van der Waals surface area contributed by atoms with Crippen molar-refractivity contribution in [3.63, 3.8) is 0 Å². The van der Waals surface area contributed by atoms with Crippen molar-refractivity contribution in [2.75, 3.05) is 5.32 Å². The molecule has 4 N–H and O–H groups in total. The van der Waals surface area contributed by atoms with Gasteiger partial charge in [0.2, 0.25) is 5.88 Å². The lowest BCUT2D eigenvalue weighted by Gasteiger charge is -2.06. The molecule has 1 aliphatic rings. The van der Waals surface area contributed by atoms with Crippen LogP contribution in [0, 0.1) is 0 Å². The number of aromatic hydroxyl groups is 1. The van der Waals surface area contributed by atoms with Gasteiger partial charge in [-0.2, -0.15) is 0 Å². The monoisotopic (exact) mass is 322 g/mol. The van der Waals surface area contributed by atoms with E-state index in [4.69, 9.17) is 0 Å². The Balaban J connectivity index is 1.91. The molecule has 0 aliphatic carbocycles. The number of hydrogen-bond donors (Lipinski definition) is 4. The number of allylic oxidation sites excluding steroid dienone is 1. The predicted molar refractivity (Wildman–Crippen MR) is 90.0 cm³/mol. The fraction of sp³-hybridized carbons (Fsp3) is 0.0588. The minimum absolute atomic E-state index is 0.182. The summed E-state index contributed by atoms with van der Waals surface area (Å²) in [5, 5.41) is 12.3. The van der Waals surface area contributed by atoms with Crippen LogP contribution in [0.3, 0.4) is 0 Å². The molecule has 2 aromatic heterocycles. The van der Waals surface area contributed by atoms with Gasteiger partial charge in [-0.3, -0.25) is 14.3 Å². The van der Waals surface area contributed by atoms with E-state index >= 15 is 0 Å². The maximum atomic E-state index is 12.4. The zero-order valence-electron chi connectivity index (χ0n) is 12.8. The molecule has 1 aromatic carbocycles. The molecule has 0 radical (unpaired) electrons. The SMILES string of the molecule is CC(=C1C(=O)Nc2ccc(-n3cc(O)[nH]c3=O)cc21)c1ccc[nH]1. The molecule has 0 bridgehead atoms. The van der Waals surface area contributed by atoms with Crippen molar-refractivity contribution < 1.29 is 9.90 Å². The Hall–Kier alpha value is -3.48. The topological polar surface area (TPSA) is 103 Å². The Labute approximate surface area is 136 Å². The Kier molecular flexibility index (Phi) is 2.96. The number of nitrogens with one attached hydrogen (secondary N) is 3. The lowest BCUT2D eigenvalue weighted by molar-refractivity contribution is -0.110. The molecule has 3 aromatic rings. The minimum atomic E-state index is -0.448. The van der Waals surface area contributed by atoms with Crippen molar-refractivity contribution in [1.29, 1.82) is 0 Å². The minimum Gasteiger partial charge on any atom is -0.493 e. The fourth-order valence-electron chi connectivity index (χ4n) is 2.95. The van der Waals surface area contributed by atoms with Crippen molar-refractivity contribution in [3.8, 4) is 11.6 Å². The first kappa shape index (κ1) is 14.1.